The van der Waals surface area contributed by atoms with Crippen LogP contribution in [0.3, 0.4) is 0 Å². The van der Waals surface area contributed by atoms with Crippen molar-refractivity contribution in [3.63, 3.8) is 0 Å². The lowest BCUT2D eigenvalue weighted by molar-refractivity contribution is 0.341. The molecule has 1 saturated heterocycles. The molecule has 1 aliphatic rings. The average molecular weight is 217 g/mol. The van der Waals surface area contributed by atoms with Gasteiger partial charge in [-0.15, -0.1) is 0 Å². The standard InChI is InChI=1S/C8H15N3O2S/c1-8(7-9)10-14(12,13)11-5-3-2-4-6-11/h8,10H,2-6H2,1H3. The van der Waals surface area contributed by atoms with E-state index in [0.29, 0.717) is 13.1 Å². The average Bonchev–Trinajstić information content (AvgIpc) is 2.18. The van der Waals surface area contributed by atoms with Crippen molar-refractivity contribution in [3.8, 4) is 6.07 Å². The van der Waals surface area contributed by atoms with Crippen LogP contribution in [0.4, 0.5) is 0 Å². The summed E-state index contributed by atoms with van der Waals surface area (Å²) in [5.74, 6) is 0. The molecule has 0 amide bonds. The van der Waals surface area contributed by atoms with Crippen molar-refractivity contribution in [3.05, 3.63) is 0 Å². The van der Waals surface area contributed by atoms with Gasteiger partial charge in [0.15, 0.2) is 0 Å². The minimum atomic E-state index is -3.43. The summed E-state index contributed by atoms with van der Waals surface area (Å²) in [6.45, 7) is 2.66. The molecule has 0 saturated carbocycles. The van der Waals surface area contributed by atoms with Gasteiger partial charge in [-0.05, 0) is 19.8 Å². The molecule has 5 nitrogen and oxygen atoms in total. The Hall–Kier alpha value is -0.640. The smallest absolute Gasteiger partial charge is 0.197 e. The molecule has 0 spiro atoms. The molecule has 1 rings (SSSR count). The lowest BCUT2D eigenvalue weighted by Crippen LogP contribution is -2.46. The first-order chi connectivity index (χ1) is 6.56. The lowest BCUT2D eigenvalue weighted by atomic mass is 10.2. The van der Waals surface area contributed by atoms with Crippen LogP contribution >= 0.6 is 0 Å². The Labute approximate surface area is 84.9 Å². The highest BCUT2D eigenvalue weighted by molar-refractivity contribution is 7.87. The van der Waals surface area contributed by atoms with Crippen molar-refractivity contribution >= 4 is 10.2 Å². The highest BCUT2D eigenvalue weighted by atomic mass is 32.2. The van der Waals surface area contributed by atoms with E-state index >= 15 is 0 Å². The highest BCUT2D eigenvalue weighted by Gasteiger charge is 2.24. The molecule has 1 atom stereocenters. The van der Waals surface area contributed by atoms with E-state index < -0.39 is 16.3 Å². The van der Waals surface area contributed by atoms with E-state index in [2.05, 4.69) is 4.72 Å². The molecule has 1 heterocycles. The van der Waals surface area contributed by atoms with Crippen molar-refractivity contribution in [1.82, 2.24) is 9.03 Å². The molecule has 0 radical (unpaired) electrons. The molecule has 1 unspecified atom stereocenters. The Morgan fingerprint density at radius 1 is 1.36 bits per heavy atom. The van der Waals surface area contributed by atoms with Crippen LogP contribution in [0.2, 0.25) is 0 Å². The fraction of sp³-hybridized carbons (Fsp3) is 0.875. The van der Waals surface area contributed by atoms with Gasteiger partial charge in [0.1, 0.15) is 6.04 Å². The van der Waals surface area contributed by atoms with Crippen molar-refractivity contribution in [2.24, 2.45) is 0 Å². The topological polar surface area (TPSA) is 73.2 Å². The van der Waals surface area contributed by atoms with E-state index in [9.17, 15) is 8.42 Å². The normalized spacial score (nSPS) is 21.4. The SMILES string of the molecule is CC(C#N)NS(=O)(=O)N1CCCCC1. The van der Waals surface area contributed by atoms with Gasteiger partial charge in [0.25, 0.3) is 10.2 Å². The van der Waals surface area contributed by atoms with Gasteiger partial charge >= 0.3 is 0 Å². The predicted octanol–water partition coefficient (Wildman–Crippen LogP) is 0.219. The third-order valence-electron chi connectivity index (χ3n) is 2.17. The van der Waals surface area contributed by atoms with Gasteiger partial charge in [-0.3, -0.25) is 0 Å². The molecule has 1 aliphatic heterocycles. The summed E-state index contributed by atoms with van der Waals surface area (Å²) in [7, 11) is -3.43. The zero-order chi connectivity index (χ0) is 10.6. The largest absolute Gasteiger partial charge is 0.280 e. The number of nitrogens with one attached hydrogen (secondary N) is 1. The van der Waals surface area contributed by atoms with Gasteiger partial charge < -0.3 is 0 Å². The van der Waals surface area contributed by atoms with E-state index in [1.54, 1.807) is 0 Å². The maximum Gasteiger partial charge on any atom is 0.280 e. The van der Waals surface area contributed by atoms with Crippen LogP contribution in [0.25, 0.3) is 0 Å². The fourth-order valence-electron chi connectivity index (χ4n) is 1.43. The Balaban J connectivity index is 2.60. The van der Waals surface area contributed by atoms with Gasteiger partial charge in [0.2, 0.25) is 0 Å². The number of nitrogens with zero attached hydrogens (tertiary/aromatic N) is 2. The number of hydrogen-bond acceptors (Lipinski definition) is 3. The van der Waals surface area contributed by atoms with Crippen molar-refractivity contribution < 1.29 is 8.42 Å². The predicted molar refractivity (Wildman–Crippen MR) is 52.6 cm³/mol. The first kappa shape index (κ1) is 11.4. The van der Waals surface area contributed by atoms with E-state index in [0.717, 1.165) is 19.3 Å². The van der Waals surface area contributed by atoms with Crippen LogP contribution in [0.1, 0.15) is 26.2 Å². The minimum Gasteiger partial charge on any atom is -0.197 e. The zero-order valence-electron chi connectivity index (χ0n) is 8.23. The zero-order valence-corrected chi connectivity index (χ0v) is 9.05. The van der Waals surface area contributed by atoms with E-state index in [-0.39, 0.29) is 0 Å². The quantitative estimate of drug-likeness (QED) is 0.735. The van der Waals surface area contributed by atoms with E-state index in [4.69, 9.17) is 5.26 Å². The molecule has 0 aromatic heterocycles. The van der Waals surface area contributed by atoms with Gasteiger partial charge in [0, 0.05) is 13.1 Å². The molecule has 0 aliphatic carbocycles. The summed E-state index contributed by atoms with van der Waals surface area (Å²) in [6, 6.07) is 1.18. The van der Waals surface area contributed by atoms with Crippen molar-refractivity contribution in [2.75, 3.05) is 13.1 Å². The fourth-order valence-corrected chi connectivity index (χ4v) is 2.82. The third-order valence-corrected chi connectivity index (χ3v) is 3.87. The molecule has 14 heavy (non-hydrogen) atoms. The lowest BCUT2D eigenvalue weighted by Gasteiger charge is -2.26. The minimum absolute atomic E-state index is 0.563. The molecule has 1 fully saturated rings. The van der Waals surface area contributed by atoms with Crippen molar-refractivity contribution in [1.29, 1.82) is 5.26 Å². The van der Waals surface area contributed by atoms with Gasteiger partial charge in [-0.25, -0.2) is 0 Å². The number of hydrogen-bond donors (Lipinski definition) is 1. The molecule has 80 valence electrons. The highest BCUT2D eigenvalue weighted by Crippen LogP contribution is 2.11. The molecule has 1 N–H and O–H groups in total. The number of nitriles is 1. The van der Waals surface area contributed by atoms with Crippen LogP contribution in [0.5, 0.6) is 0 Å². The Morgan fingerprint density at radius 2 is 1.93 bits per heavy atom. The summed E-state index contributed by atoms with van der Waals surface area (Å²) in [5, 5.41) is 8.50. The summed E-state index contributed by atoms with van der Waals surface area (Å²) in [4.78, 5) is 0. The van der Waals surface area contributed by atoms with Crippen LogP contribution in [-0.2, 0) is 10.2 Å². The third kappa shape index (κ3) is 2.94. The van der Waals surface area contributed by atoms with Gasteiger partial charge in [-0.1, -0.05) is 6.42 Å². The van der Waals surface area contributed by atoms with E-state index in [1.807, 2.05) is 6.07 Å². The monoisotopic (exact) mass is 217 g/mol. The Morgan fingerprint density at radius 3 is 2.43 bits per heavy atom. The summed E-state index contributed by atoms with van der Waals surface area (Å²) in [6.07, 6.45) is 2.89. The van der Waals surface area contributed by atoms with Crippen LogP contribution in [-0.4, -0.2) is 31.9 Å². The second kappa shape index (κ2) is 4.73. The molecule has 0 aromatic rings. The molecule has 6 heteroatoms. The van der Waals surface area contributed by atoms with Crippen LogP contribution in [0.15, 0.2) is 0 Å². The molecular formula is C8H15N3O2S. The second-order valence-corrected chi connectivity index (χ2v) is 5.14. The molecule has 0 aromatic carbocycles. The summed E-state index contributed by atoms with van der Waals surface area (Å²) < 4.78 is 27.0. The van der Waals surface area contributed by atoms with E-state index in [1.165, 1.54) is 11.2 Å². The van der Waals surface area contributed by atoms with Gasteiger partial charge in [-0.2, -0.15) is 22.7 Å². The van der Waals surface area contributed by atoms with Crippen LogP contribution in [0, 0.1) is 11.3 Å². The number of piperidine rings is 1. The molecular weight excluding hydrogens is 202 g/mol. The maximum atomic E-state index is 11.6. The summed E-state index contributed by atoms with van der Waals surface area (Å²) >= 11 is 0. The first-order valence-electron chi connectivity index (χ1n) is 4.73. The Kier molecular flexibility index (Phi) is 3.86. The molecule has 0 bridgehead atoms. The number of rotatable bonds is 3. The summed E-state index contributed by atoms with van der Waals surface area (Å²) in [5.41, 5.74) is 0. The second-order valence-electron chi connectivity index (χ2n) is 3.43. The maximum absolute atomic E-state index is 11.6. The van der Waals surface area contributed by atoms with Gasteiger partial charge in [0.05, 0.1) is 6.07 Å². The first-order valence-corrected chi connectivity index (χ1v) is 6.17. The van der Waals surface area contributed by atoms with Crippen molar-refractivity contribution in [2.45, 2.75) is 32.2 Å². The Bertz CT molecular complexity index is 314. The van der Waals surface area contributed by atoms with Crippen LogP contribution < -0.4 is 4.72 Å².